The molecule has 1 saturated heterocycles. The van der Waals surface area contributed by atoms with Gasteiger partial charge in [-0.05, 0) is 43.7 Å². The lowest BCUT2D eigenvalue weighted by atomic mass is 9.89. The van der Waals surface area contributed by atoms with Crippen LogP contribution in [-0.2, 0) is 4.79 Å². The number of halogens is 2. The molecule has 5 rings (SSSR count). The van der Waals surface area contributed by atoms with E-state index in [0.29, 0.717) is 34.5 Å². The van der Waals surface area contributed by atoms with E-state index in [-0.39, 0.29) is 6.04 Å². The molecule has 2 aromatic carbocycles. The zero-order valence-electron chi connectivity index (χ0n) is 18.7. The van der Waals surface area contributed by atoms with Gasteiger partial charge in [0.05, 0.1) is 23.7 Å². The molecule has 2 N–H and O–H groups in total. The SMILES string of the molecule is CC(C)NC1(C(=O)O)CN(c2ccnc3c(-c4ccc(Cl)cc4)c(-c4ccccc4Cl)nn23)C1. The summed E-state index contributed by atoms with van der Waals surface area (Å²) >= 11 is 12.7. The van der Waals surface area contributed by atoms with Crippen molar-refractivity contribution in [3.8, 4) is 22.4 Å². The first-order valence-electron chi connectivity index (χ1n) is 10.9. The Kier molecular flexibility index (Phi) is 5.72. The van der Waals surface area contributed by atoms with Crippen LogP contribution in [0.2, 0.25) is 10.0 Å². The number of nitrogens with zero attached hydrogens (tertiary/aromatic N) is 4. The van der Waals surface area contributed by atoms with Crippen LogP contribution in [0, 0.1) is 0 Å². The number of rotatable bonds is 6. The van der Waals surface area contributed by atoms with Gasteiger partial charge in [-0.15, -0.1) is 0 Å². The van der Waals surface area contributed by atoms with Gasteiger partial charge in [-0.3, -0.25) is 10.1 Å². The molecule has 4 aromatic rings. The number of hydrogen-bond acceptors (Lipinski definition) is 5. The molecule has 0 bridgehead atoms. The van der Waals surface area contributed by atoms with E-state index in [2.05, 4.69) is 10.3 Å². The third-order valence-corrected chi connectivity index (χ3v) is 6.56. The summed E-state index contributed by atoms with van der Waals surface area (Å²) in [6.07, 6.45) is 1.72. The van der Waals surface area contributed by atoms with Crippen molar-refractivity contribution in [1.29, 1.82) is 0 Å². The highest BCUT2D eigenvalue weighted by molar-refractivity contribution is 6.33. The molecule has 34 heavy (non-hydrogen) atoms. The fraction of sp³-hybridized carbons (Fsp3) is 0.240. The van der Waals surface area contributed by atoms with Gasteiger partial charge in [0.25, 0.3) is 0 Å². The number of carboxylic acids is 1. The van der Waals surface area contributed by atoms with Gasteiger partial charge in [0, 0.05) is 22.8 Å². The van der Waals surface area contributed by atoms with Gasteiger partial charge < -0.3 is 10.0 Å². The summed E-state index contributed by atoms with van der Waals surface area (Å²) in [5.41, 5.74) is 2.87. The Balaban J connectivity index is 1.66. The standard InChI is InChI=1S/C25H23Cl2N5O2/c1-15(2)29-25(24(33)34)13-31(14-25)20-11-12-28-23-21(16-7-9-17(26)10-8-16)22(30-32(20)23)18-5-3-4-6-19(18)27/h3-12,15,29H,13-14H2,1-2H3,(H,33,34). The Hall–Kier alpha value is -3.13. The van der Waals surface area contributed by atoms with Gasteiger partial charge in [-0.1, -0.05) is 53.5 Å². The molecule has 3 heterocycles. The average Bonchev–Trinajstić information content (AvgIpc) is 3.16. The van der Waals surface area contributed by atoms with E-state index in [1.54, 1.807) is 10.7 Å². The summed E-state index contributed by atoms with van der Waals surface area (Å²) in [7, 11) is 0. The largest absolute Gasteiger partial charge is 0.480 e. The quantitative estimate of drug-likeness (QED) is 0.391. The van der Waals surface area contributed by atoms with Crippen LogP contribution >= 0.6 is 23.2 Å². The number of aromatic nitrogens is 3. The zero-order valence-corrected chi connectivity index (χ0v) is 20.2. The van der Waals surface area contributed by atoms with Crippen LogP contribution in [0.4, 0.5) is 5.82 Å². The van der Waals surface area contributed by atoms with E-state index in [9.17, 15) is 9.90 Å². The van der Waals surface area contributed by atoms with Crippen molar-refractivity contribution < 1.29 is 9.90 Å². The third kappa shape index (κ3) is 3.79. The maximum Gasteiger partial charge on any atom is 0.327 e. The van der Waals surface area contributed by atoms with Gasteiger partial charge in [0.1, 0.15) is 11.5 Å². The third-order valence-electron chi connectivity index (χ3n) is 5.98. The molecule has 0 atom stereocenters. The first kappa shape index (κ1) is 22.7. The first-order valence-corrected chi connectivity index (χ1v) is 11.7. The van der Waals surface area contributed by atoms with Crippen molar-refractivity contribution >= 4 is 40.6 Å². The lowest BCUT2D eigenvalue weighted by molar-refractivity contribution is -0.146. The van der Waals surface area contributed by atoms with E-state index >= 15 is 0 Å². The van der Waals surface area contributed by atoms with Crippen molar-refractivity contribution in [2.24, 2.45) is 0 Å². The number of carboxylic acid groups (broad SMARTS) is 1. The topological polar surface area (TPSA) is 82.8 Å². The molecular formula is C25H23Cl2N5O2. The van der Waals surface area contributed by atoms with Crippen LogP contribution < -0.4 is 10.2 Å². The minimum absolute atomic E-state index is 0.0451. The lowest BCUT2D eigenvalue weighted by Crippen LogP contribution is -2.74. The number of carbonyl (C=O) groups is 1. The molecular weight excluding hydrogens is 473 g/mol. The lowest BCUT2D eigenvalue weighted by Gasteiger charge is -2.49. The van der Waals surface area contributed by atoms with Gasteiger partial charge in [-0.2, -0.15) is 9.61 Å². The number of hydrogen-bond donors (Lipinski definition) is 2. The molecule has 9 heteroatoms. The zero-order chi connectivity index (χ0) is 24.0. The Morgan fingerprint density at radius 1 is 1.09 bits per heavy atom. The Bertz CT molecular complexity index is 1380. The molecule has 0 amide bonds. The maximum atomic E-state index is 12.0. The number of aliphatic carboxylic acids is 1. The monoisotopic (exact) mass is 495 g/mol. The Morgan fingerprint density at radius 3 is 2.44 bits per heavy atom. The minimum atomic E-state index is -0.999. The molecule has 1 fully saturated rings. The van der Waals surface area contributed by atoms with Crippen LogP contribution in [0.15, 0.2) is 60.8 Å². The molecule has 1 aliphatic rings. The molecule has 2 aromatic heterocycles. The second-order valence-electron chi connectivity index (χ2n) is 8.79. The number of benzene rings is 2. The summed E-state index contributed by atoms with van der Waals surface area (Å²) in [6, 6.07) is 17.0. The van der Waals surface area contributed by atoms with Crippen molar-refractivity contribution in [3.63, 3.8) is 0 Å². The van der Waals surface area contributed by atoms with Gasteiger partial charge >= 0.3 is 5.97 Å². The van der Waals surface area contributed by atoms with Crippen LogP contribution in [-0.4, -0.2) is 50.3 Å². The van der Waals surface area contributed by atoms with Gasteiger partial charge in [0.15, 0.2) is 11.2 Å². The van der Waals surface area contributed by atoms with Crippen LogP contribution in [0.25, 0.3) is 28.0 Å². The number of anilines is 1. The van der Waals surface area contributed by atoms with E-state index in [0.717, 1.165) is 22.5 Å². The fourth-order valence-electron chi connectivity index (χ4n) is 4.50. The van der Waals surface area contributed by atoms with E-state index in [4.69, 9.17) is 28.3 Å². The summed E-state index contributed by atoms with van der Waals surface area (Å²) in [6.45, 7) is 4.52. The van der Waals surface area contributed by atoms with E-state index in [1.165, 1.54) is 0 Å². The Morgan fingerprint density at radius 2 is 1.79 bits per heavy atom. The fourth-order valence-corrected chi connectivity index (χ4v) is 4.86. The second kappa shape index (κ2) is 8.58. The van der Waals surface area contributed by atoms with Gasteiger partial charge in [-0.25, -0.2) is 4.98 Å². The number of fused-ring (bicyclic) bond motifs is 1. The highest BCUT2D eigenvalue weighted by atomic mass is 35.5. The molecule has 0 aliphatic carbocycles. The average molecular weight is 496 g/mol. The van der Waals surface area contributed by atoms with E-state index < -0.39 is 11.5 Å². The molecule has 0 saturated carbocycles. The normalized spacial score (nSPS) is 15.0. The highest BCUT2D eigenvalue weighted by Crippen LogP contribution is 2.39. The second-order valence-corrected chi connectivity index (χ2v) is 9.63. The van der Waals surface area contributed by atoms with Crippen LogP contribution in [0.3, 0.4) is 0 Å². The predicted molar refractivity (Wildman–Crippen MR) is 135 cm³/mol. The molecule has 0 spiro atoms. The summed E-state index contributed by atoms with van der Waals surface area (Å²) < 4.78 is 1.77. The Labute approximate surface area is 206 Å². The van der Waals surface area contributed by atoms with Gasteiger partial charge in [0.2, 0.25) is 0 Å². The molecule has 1 aliphatic heterocycles. The molecule has 0 unspecified atom stereocenters. The summed E-state index contributed by atoms with van der Waals surface area (Å²) in [5, 5.41) is 19.2. The summed E-state index contributed by atoms with van der Waals surface area (Å²) in [4.78, 5) is 18.7. The predicted octanol–water partition coefficient (Wildman–Crippen LogP) is 5.01. The molecule has 7 nitrogen and oxygen atoms in total. The van der Waals surface area contributed by atoms with Crippen molar-refractivity contribution in [3.05, 3.63) is 70.8 Å². The minimum Gasteiger partial charge on any atom is -0.480 e. The van der Waals surface area contributed by atoms with Crippen molar-refractivity contribution in [1.82, 2.24) is 19.9 Å². The van der Waals surface area contributed by atoms with E-state index in [1.807, 2.05) is 73.3 Å². The van der Waals surface area contributed by atoms with Crippen molar-refractivity contribution in [2.45, 2.75) is 25.4 Å². The van der Waals surface area contributed by atoms with Crippen molar-refractivity contribution in [2.75, 3.05) is 18.0 Å². The highest BCUT2D eigenvalue weighted by Gasteiger charge is 2.50. The summed E-state index contributed by atoms with van der Waals surface area (Å²) in [5.74, 6) is -0.0947. The smallest absolute Gasteiger partial charge is 0.327 e. The number of nitrogens with one attached hydrogen (secondary N) is 1. The van der Waals surface area contributed by atoms with Crippen LogP contribution in [0.1, 0.15) is 13.8 Å². The maximum absolute atomic E-state index is 12.0. The first-order chi connectivity index (χ1) is 16.3. The molecule has 0 radical (unpaired) electrons. The van der Waals surface area contributed by atoms with Crippen LogP contribution in [0.5, 0.6) is 0 Å². The molecule has 174 valence electrons.